The van der Waals surface area contributed by atoms with Crippen LogP contribution in [0.1, 0.15) is 194 Å². The maximum atomic E-state index is 13.1. The Kier molecular flexibility index (Phi) is 32.0. The minimum Gasteiger partial charge on any atom is -0.366 e. The summed E-state index contributed by atoms with van der Waals surface area (Å²) in [5.41, 5.74) is 0. The Morgan fingerprint density at radius 2 is 0.872 bits per heavy atom. The number of amidine groups is 2. The molecule has 1 atom stereocenters. The van der Waals surface area contributed by atoms with E-state index in [1.807, 2.05) is 0 Å². The van der Waals surface area contributed by atoms with E-state index in [9.17, 15) is 9.59 Å². The van der Waals surface area contributed by atoms with Crippen molar-refractivity contribution in [2.45, 2.75) is 194 Å². The maximum absolute atomic E-state index is 13.1. The number of carbonyl (C=O) groups is 2. The number of unbranched alkanes of at least 4 members (excludes halogenated alkanes) is 22. The summed E-state index contributed by atoms with van der Waals surface area (Å²) in [6.07, 6.45) is 41.3. The lowest BCUT2D eigenvalue weighted by Gasteiger charge is -2.23. The largest absolute Gasteiger partial charge is 0.366 e. The molecule has 0 saturated carbocycles. The Morgan fingerprint density at radius 1 is 0.532 bits per heavy atom. The minimum absolute atomic E-state index is 0.0640. The molecule has 47 heavy (non-hydrogen) atoms. The Hall–Kier alpha value is -2.24. The molecular formula is C41H76N4O2. The van der Waals surface area contributed by atoms with Crippen LogP contribution in [0.2, 0.25) is 0 Å². The molecule has 3 N–H and O–H groups in total. The topological polar surface area (TPSA) is 97.1 Å². The lowest BCUT2D eigenvalue weighted by Crippen LogP contribution is -2.46. The number of hydrogen-bond donors (Lipinski definition) is 3. The molecule has 0 bridgehead atoms. The first-order valence-corrected chi connectivity index (χ1v) is 19.8. The standard InChI is InChI=1S/C41H76N4O2/c1-5-7-9-11-13-15-17-19-21-23-25-27-29-31-33-35-37(46)39(41(43)45(3)4)40(42)44-38(47)36-34-32-30-28-26-24-22-20-18-16-14-12-10-8-6-2/h19-22,39,43H,5-18,23-36H2,1-4H3,(H2,42,44,47)/b21-19+,22-20+,43-41?. The molecule has 1 amide bonds. The molecule has 0 spiro atoms. The molecule has 6 heteroatoms. The highest BCUT2D eigenvalue weighted by molar-refractivity contribution is 6.22. The summed E-state index contributed by atoms with van der Waals surface area (Å²) in [7, 11) is 3.43. The fraction of sp³-hybridized carbons (Fsp3) is 0.805. The first kappa shape index (κ1) is 44.8. The minimum atomic E-state index is -1.00. The number of rotatable bonds is 33. The Morgan fingerprint density at radius 3 is 1.26 bits per heavy atom. The number of hydrogen-bond acceptors (Lipinski definition) is 4. The predicted octanol–water partition coefficient (Wildman–Crippen LogP) is 11.9. The highest BCUT2D eigenvalue weighted by Crippen LogP contribution is 2.15. The van der Waals surface area contributed by atoms with Crippen molar-refractivity contribution in [2.24, 2.45) is 5.92 Å². The van der Waals surface area contributed by atoms with E-state index in [-0.39, 0.29) is 23.4 Å². The molecule has 0 fully saturated rings. The quantitative estimate of drug-likeness (QED) is 0.0284. The van der Waals surface area contributed by atoms with Crippen molar-refractivity contribution < 1.29 is 9.59 Å². The van der Waals surface area contributed by atoms with Gasteiger partial charge in [-0.25, -0.2) is 0 Å². The van der Waals surface area contributed by atoms with Gasteiger partial charge in [0.15, 0.2) is 5.78 Å². The van der Waals surface area contributed by atoms with E-state index < -0.39 is 5.92 Å². The van der Waals surface area contributed by atoms with Crippen molar-refractivity contribution in [1.82, 2.24) is 10.2 Å². The Bertz CT molecular complexity index is 848. The van der Waals surface area contributed by atoms with Gasteiger partial charge in [0.05, 0.1) is 0 Å². The summed E-state index contributed by atoms with van der Waals surface area (Å²) in [6.45, 7) is 4.52. The predicted molar refractivity (Wildman–Crippen MR) is 205 cm³/mol. The number of Topliss-reactive ketones (excluding diaryl/α,β-unsaturated/α-hetero) is 1. The van der Waals surface area contributed by atoms with Gasteiger partial charge in [-0.3, -0.25) is 20.4 Å². The Labute approximate surface area is 291 Å². The first-order chi connectivity index (χ1) is 22.8. The number of amides is 1. The second-order valence-electron chi connectivity index (χ2n) is 13.8. The first-order valence-electron chi connectivity index (χ1n) is 19.8. The van der Waals surface area contributed by atoms with Crippen LogP contribution < -0.4 is 5.32 Å². The summed E-state index contributed by atoms with van der Waals surface area (Å²) in [4.78, 5) is 27.2. The number of ketones is 1. The van der Waals surface area contributed by atoms with Gasteiger partial charge in [0.25, 0.3) is 0 Å². The van der Waals surface area contributed by atoms with Crippen molar-refractivity contribution in [3.05, 3.63) is 24.3 Å². The van der Waals surface area contributed by atoms with Gasteiger partial charge in [-0.15, -0.1) is 0 Å². The molecule has 0 aromatic heterocycles. The number of carbonyl (C=O) groups excluding carboxylic acids is 2. The normalized spacial score (nSPS) is 12.2. The van der Waals surface area contributed by atoms with Crippen molar-refractivity contribution >= 4 is 23.4 Å². The molecule has 0 aliphatic rings. The number of allylic oxidation sites excluding steroid dienone is 4. The highest BCUT2D eigenvalue weighted by Gasteiger charge is 2.29. The van der Waals surface area contributed by atoms with Crippen LogP contribution >= 0.6 is 0 Å². The summed E-state index contributed by atoms with van der Waals surface area (Å²) in [5, 5.41) is 19.5. The highest BCUT2D eigenvalue weighted by atomic mass is 16.2. The SMILES string of the molecule is CCCCCCCC/C=C/CCCCCCCC(=O)NC(=N)C(C(=N)N(C)C)C(=O)CCCCCCC/C=C/CCCCCCCC. The van der Waals surface area contributed by atoms with Crippen molar-refractivity contribution in [3.63, 3.8) is 0 Å². The zero-order valence-corrected chi connectivity index (χ0v) is 31.4. The number of nitrogens with zero attached hydrogens (tertiary/aromatic N) is 1. The van der Waals surface area contributed by atoms with E-state index in [4.69, 9.17) is 10.8 Å². The summed E-state index contributed by atoms with van der Waals surface area (Å²) < 4.78 is 0. The molecule has 0 aromatic carbocycles. The van der Waals surface area contributed by atoms with E-state index in [1.165, 1.54) is 109 Å². The van der Waals surface area contributed by atoms with Crippen LogP contribution in [-0.4, -0.2) is 42.4 Å². The average Bonchev–Trinajstić information content (AvgIpc) is 3.04. The van der Waals surface area contributed by atoms with Gasteiger partial charge in [-0.1, -0.05) is 141 Å². The fourth-order valence-electron chi connectivity index (χ4n) is 5.86. The molecule has 272 valence electrons. The number of nitrogens with one attached hydrogen (secondary N) is 3. The molecule has 0 heterocycles. The summed E-state index contributed by atoms with van der Waals surface area (Å²) in [6, 6.07) is 0. The van der Waals surface area contributed by atoms with E-state index in [2.05, 4.69) is 43.5 Å². The van der Waals surface area contributed by atoms with E-state index >= 15 is 0 Å². The van der Waals surface area contributed by atoms with Crippen molar-refractivity contribution in [2.75, 3.05) is 14.1 Å². The van der Waals surface area contributed by atoms with Gasteiger partial charge in [-0.2, -0.15) is 0 Å². The van der Waals surface area contributed by atoms with Crippen molar-refractivity contribution in [3.8, 4) is 0 Å². The maximum Gasteiger partial charge on any atom is 0.225 e. The van der Waals surface area contributed by atoms with Gasteiger partial charge in [-0.05, 0) is 64.2 Å². The van der Waals surface area contributed by atoms with Crippen LogP contribution in [-0.2, 0) is 9.59 Å². The van der Waals surface area contributed by atoms with Crippen molar-refractivity contribution in [1.29, 1.82) is 10.8 Å². The van der Waals surface area contributed by atoms with Gasteiger partial charge in [0.2, 0.25) is 5.91 Å². The molecule has 1 unspecified atom stereocenters. The lowest BCUT2D eigenvalue weighted by atomic mass is 9.95. The average molecular weight is 657 g/mol. The van der Waals surface area contributed by atoms with Gasteiger partial charge in [0, 0.05) is 26.9 Å². The smallest absolute Gasteiger partial charge is 0.225 e. The van der Waals surface area contributed by atoms with Gasteiger partial charge in [0.1, 0.15) is 17.6 Å². The molecule has 0 saturated heterocycles. The Balaban J connectivity index is 4.08. The molecule has 0 radical (unpaired) electrons. The fourth-order valence-corrected chi connectivity index (χ4v) is 5.86. The third-order valence-corrected chi connectivity index (χ3v) is 8.99. The van der Waals surface area contributed by atoms with Gasteiger partial charge >= 0.3 is 0 Å². The molecule has 6 nitrogen and oxygen atoms in total. The molecule has 0 aliphatic heterocycles. The monoisotopic (exact) mass is 657 g/mol. The molecular weight excluding hydrogens is 580 g/mol. The summed E-state index contributed by atoms with van der Waals surface area (Å²) >= 11 is 0. The molecule has 0 aliphatic carbocycles. The lowest BCUT2D eigenvalue weighted by molar-refractivity contribution is -0.120. The summed E-state index contributed by atoms with van der Waals surface area (Å²) in [5.74, 6) is -1.46. The van der Waals surface area contributed by atoms with Gasteiger partial charge < -0.3 is 10.2 Å². The van der Waals surface area contributed by atoms with Crippen LogP contribution in [0, 0.1) is 16.7 Å². The zero-order valence-electron chi connectivity index (χ0n) is 31.4. The third-order valence-electron chi connectivity index (χ3n) is 8.99. The zero-order chi connectivity index (χ0) is 34.8. The second kappa shape index (κ2) is 33.7. The van der Waals surface area contributed by atoms with Crippen LogP contribution in [0.3, 0.4) is 0 Å². The van der Waals surface area contributed by atoms with E-state index in [1.54, 1.807) is 19.0 Å². The van der Waals surface area contributed by atoms with Crippen LogP contribution in [0.5, 0.6) is 0 Å². The molecule has 0 aromatic rings. The van der Waals surface area contributed by atoms with E-state index in [0.717, 1.165) is 57.8 Å². The second-order valence-corrected chi connectivity index (χ2v) is 13.8. The third kappa shape index (κ3) is 28.5. The van der Waals surface area contributed by atoms with Crippen LogP contribution in [0.25, 0.3) is 0 Å². The molecule has 0 rings (SSSR count). The van der Waals surface area contributed by atoms with Crippen LogP contribution in [0.4, 0.5) is 0 Å². The van der Waals surface area contributed by atoms with Crippen LogP contribution in [0.15, 0.2) is 24.3 Å². The van der Waals surface area contributed by atoms with E-state index in [0.29, 0.717) is 12.8 Å².